The van der Waals surface area contributed by atoms with Gasteiger partial charge in [-0.05, 0) is 44.4 Å². The molecule has 3 N–H and O–H groups in total. The molecule has 0 bridgehead atoms. The molecule has 126 valence electrons. The number of aliphatic hydroxyl groups excluding tert-OH is 3. The van der Waals surface area contributed by atoms with Crippen molar-refractivity contribution in [2.24, 2.45) is 17.8 Å². The molecule has 0 amide bonds. The maximum atomic E-state index is 11.4. The quantitative estimate of drug-likeness (QED) is 0.689. The van der Waals surface area contributed by atoms with Gasteiger partial charge in [-0.25, -0.2) is 4.79 Å². The number of ether oxygens (including phenoxy) is 1. The maximum absolute atomic E-state index is 11.4. The van der Waals surface area contributed by atoms with Crippen molar-refractivity contribution >= 4 is 5.97 Å². The van der Waals surface area contributed by atoms with Crippen LogP contribution >= 0.6 is 0 Å². The van der Waals surface area contributed by atoms with Gasteiger partial charge >= 0.3 is 5.97 Å². The third-order valence-electron chi connectivity index (χ3n) is 3.83. The van der Waals surface area contributed by atoms with Crippen molar-refractivity contribution in [1.29, 1.82) is 0 Å². The molecule has 0 aromatic carbocycles. The van der Waals surface area contributed by atoms with Gasteiger partial charge in [0.2, 0.25) is 0 Å². The van der Waals surface area contributed by atoms with Crippen molar-refractivity contribution in [3.05, 3.63) is 0 Å². The average molecular weight is 304 g/mol. The molecule has 0 aromatic heterocycles. The van der Waals surface area contributed by atoms with Crippen LogP contribution in [0.25, 0.3) is 0 Å². The third kappa shape index (κ3) is 8.39. The van der Waals surface area contributed by atoms with Crippen LogP contribution in [-0.4, -0.2) is 46.2 Å². The summed E-state index contributed by atoms with van der Waals surface area (Å²) < 4.78 is 5.41. The highest BCUT2D eigenvalue weighted by Gasteiger charge is 2.33. The van der Waals surface area contributed by atoms with Gasteiger partial charge in [-0.3, -0.25) is 0 Å². The lowest BCUT2D eigenvalue weighted by Crippen LogP contribution is -2.37. The first-order valence-corrected chi connectivity index (χ1v) is 7.86. The molecule has 0 aromatic rings. The molecule has 0 aliphatic heterocycles. The molecule has 1 fully saturated rings. The highest BCUT2D eigenvalue weighted by molar-refractivity contribution is 5.74. The molecule has 1 rings (SSSR count). The summed E-state index contributed by atoms with van der Waals surface area (Å²) in [6.45, 7) is 9.38. The molecule has 1 aliphatic rings. The van der Waals surface area contributed by atoms with E-state index in [0.29, 0.717) is 17.8 Å². The normalized spacial score (nSPS) is 28.3. The zero-order valence-corrected chi connectivity index (χ0v) is 14.0. The number of esters is 1. The summed E-state index contributed by atoms with van der Waals surface area (Å²) in [5.74, 6) is 1.10. The van der Waals surface area contributed by atoms with E-state index in [9.17, 15) is 4.79 Å². The lowest BCUT2D eigenvalue weighted by molar-refractivity contribution is -0.164. The molecule has 5 heteroatoms. The molecule has 1 saturated carbocycles. The Labute approximate surface area is 128 Å². The summed E-state index contributed by atoms with van der Waals surface area (Å²) in [7, 11) is 0. The summed E-state index contributed by atoms with van der Waals surface area (Å²) in [6.07, 6.45) is 1.69. The molecule has 5 unspecified atom stereocenters. The summed E-state index contributed by atoms with van der Waals surface area (Å²) >= 11 is 0. The number of carbonyl (C=O) groups is 1. The van der Waals surface area contributed by atoms with Crippen LogP contribution in [0.1, 0.15) is 53.9 Å². The smallest absolute Gasteiger partial charge is 0.334 e. The van der Waals surface area contributed by atoms with E-state index in [2.05, 4.69) is 20.8 Å². The molecule has 0 spiro atoms. The minimum absolute atomic E-state index is 0.00847. The van der Waals surface area contributed by atoms with Crippen LogP contribution in [0.3, 0.4) is 0 Å². The van der Waals surface area contributed by atoms with Crippen molar-refractivity contribution in [3.8, 4) is 0 Å². The second-order valence-corrected chi connectivity index (χ2v) is 6.51. The maximum Gasteiger partial charge on any atom is 0.334 e. The molecule has 0 heterocycles. The van der Waals surface area contributed by atoms with Crippen molar-refractivity contribution in [2.45, 2.75) is 72.2 Å². The fourth-order valence-corrected chi connectivity index (χ4v) is 2.50. The molecule has 5 nitrogen and oxygen atoms in total. The van der Waals surface area contributed by atoms with Crippen molar-refractivity contribution in [1.82, 2.24) is 0 Å². The lowest BCUT2D eigenvalue weighted by Gasteiger charge is -2.36. The summed E-state index contributed by atoms with van der Waals surface area (Å²) in [5.41, 5.74) is 0. The largest absolute Gasteiger partial charge is 0.460 e. The van der Waals surface area contributed by atoms with Crippen molar-refractivity contribution < 1.29 is 24.9 Å². The molecular weight excluding hydrogens is 272 g/mol. The van der Waals surface area contributed by atoms with Gasteiger partial charge in [-0.2, -0.15) is 0 Å². The average Bonchev–Trinajstić information content (AvgIpc) is 2.38. The van der Waals surface area contributed by atoms with E-state index in [1.54, 1.807) is 0 Å². The monoisotopic (exact) mass is 304 g/mol. The number of hydrogen-bond acceptors (Lipinski definition) is 5. The standard InChI is InChI=1S/C13H24O3.C3H8O2/c1-8(2)11-6-5-9(3)7-12(11)16-13(15)10(4)14;1-3(5)2-4/h8-12,14H,5-7H2,1-4H3;3-5H,2H2,1H3. The van der Waals surface area contributed by atoms with E-state index >= 15 is 0 Å². The van der Waals surface area contributed by atoms with Gasteiger partial charge in [0, 0.05) is 0 Å². The van der Waals surface area contributed by atoms with E-state index in [-0.39, 0.29) is 12.7 Å². The third-order valence-corrected chi connectivity index (χ3v) is 3.83. The Kier molecular flexibility index (Phi) is 9.83. The predicted molar refractivity (Wildman–Crippen MR) is 81.7 cm³/mol. The zero-order valence-electron chi connectivity index (χ0n) is 14.0. The minimum Gasteiger partial charge on any atom is -0.460 e. The van der Waals surface area contributed by atoms with Gasteiger partial charge in [0.05, 0.1) is 12.7 Å². The lowest BCUT2D eigenvalue weighted by atomic mass is 9.75. The van der Waals surface area contributed by atoms with Crippen molar-refractivity contribution in [3.63, 3.8) is 0 Å². The SMILES string of the molecule is CC(O)CO.CC1CCC(C(C)C)C(OC(=O)C(C)O)C1. The zero-order chi connectivity index (χ0) is 16.6. The Morgan fingerprint density at radius 2 is 1.71 bits per heavy atom. The van der Waals surface area contributed by atoms with Gasteiger partial charge in [0.1, 0.15) is 12.2 Å². The molecule has 0 radical (unpaired) electrons. The Morgan fingerprint density at radius 1 is 1.19 bits per heavy atom. The molecule has 0 saturated heterocycles. The summed E-state index contributed by atoms with van der Waals surface area (Å²) in [6, 6.07) is 0. The van der Waals surface area contributed by atoms with Gasteiger partial charge in [0.25, 0.3) is 0 Å². The van der Waals surface area contributed by atoms with E-state index in [1.165, 1.54) is 20.3 Å². The second-order valence-electron chi connectivity index (χ2n) is 6.51. The minimum atomic E-state index is -1.01. The Hall–Kier alpha value is -0.650. The van der Waals surface area contributed by atoms with E-state index in [1.807, 2.05) is 0 Å². The Morgan fingerprint density at radius 3 is 2.10 bits per heavy atom. The predicted octanol–water partition coefficient (Wildman–Crippen LogP) is 1.73. The van der Waals surface area contributed by atoms with Crippen LogP contribution < -0.4 is 0 Å². The van der Waals surface area contributed by atoms with Crippen LogP contribution in [0.15, 0.2) is 0 Å². The number of aliphatic hydroxyl groups is 3. The number of hydrogen-bond donors (Lipinski definition) is 3. The van der Waals surface area contributed by atoms with Crippen LogP contribution in [-0.2, 0) is 9.53 Å². The van der Waals surface area contributed by atoms with Crippen LogP contribution in [0.2, 0.25) is 0 Å². The van der Waals surface area contributed by atoms with Gasteiger partial charge in [-0.1, -0.05) is 27.2 Å². The molecular formula is C16H32O5. The first kappa shape index (κ1) is 20.3. The first-order valence-electron chi connectivity index (χ1n) is 7.86. The highest BCUT2D eigenvalue weighted by Crippen LogP contribution is 2.35. The Balaban J connectivity index is 0.000000690. The Bertz CT molecular complexity index is 288. The van der Waals surface area contributed by atoms with Gasteiger partial charge in [-0.15, -0.1) is 0 Å². The van der Waals surface area contributed by atoms with Crippen LogP contribution in [0.4, 0.5) is 0 Å². The molecule has 5 atom stereocenters. The van der Waals surface area contributed by atoms with Crippen LogP contribution in [0.5, 0.6) is 0 Å². The second kappa shape index (κ2) is 10.1. The topological polar surface area (TPSA) is 87.0 Å². The number of rotatable bonds is 4. The fraction of sp³-hybridized carbons (Fsp3) is 0.938. The highest BCUT2D eigenvalue weighted by atomic mass is 16.6. The van der Waals surface area contributed by atoms with Gasteiger partial charge in [0.15, 0.2) is 0 Å². The van der Waals surface area contributed by atoms with Gasteiger partial charge < -0.3 is 20.1 Å². The van der Waals surface area contributed by atoms with E-state index in [0.717, 1.165) is 12.8 Å². The number of carbonyl (C=O) groups excluding carboxylic acids is 1. The van der Waals surface area contributed by atoms with E-state index < -0.39 is 18.2 Å². The molecule has 21 heavy (non-hydrogen) atoms. The summed E-state index contributed by atoms with van der Waals surface area (Å²) in [5, 5.41) is 25.2. The van der Waals surface area contributed by atoms with Crippen molar-refractivity contribution in [2.75, 3.05) is 6.61 Å². The van der Waals surface area contributed by atoms with Crippen LogP contribution in [0, 0.1) is 17.8 Å². The first-order chi connectivity index (χ1) is 9.68. The summed E-state index contributed by atoms with van der Waals surface area (Å²) in [4.78, 5) is 11.4. The fourth-order valence-electron chi connectivity index (χ4n) is 2.50. The van der Waals surface area contributed by atoms with E-state index in [4.69, 9.17) is 20.1 Å². The molecule has 1 aliphatic carbocycles.